The molecule has 0 unspecified atom stereocenters. The van der Waals surface area contributed by atoms with E-state index in [1.807, 2.05) is 26.0 Å². The number of hydrogen-bond donors (Lipinski definition) is 2. The maximum absolute atomic E-state index is 12.4. The Morgan fingerprint density at radius 1 is 0.897 bits per heavy atom. The SMILES string of the molecule is CCOC(=O)c1ccc(NC(=O)c2ccc(Nc3cc(C)cc(C)c3)nn2)cc1. The minimum absolute atomic E-state index is 0.186. The molecule has 7 heteroatoms. The smallest absolute Gasteiger partial charge is 0.338 e. The van der Waals surface area contributed by atoms with E-state index in [0.717, 1.165) is 16.8 Å². The van der Waals surface area contributed by atoms with E-state index in [1.165, 1.54) is 0 Å². The Morgan fingerprint density at radius 3 is 2.17 bits per heavy atom. The molecular formula is C22H22N4O3. The molecule has 0 radical (unpaired) electrons. The molecule has 3 rings (SSSR count). The molecule has 0 aliphatic rings. The van der Waals surface area contributed by atoms with Gasteiger partial charge in [0.05, 0.1) is 12.2 Å². The van der Waals surface area contributed by atoms with Crippen molar-refractivity contribution in [1.29, 1.82) is 0 Å². The Balaban J connectivity index is 1.63. The van der Waals surface area contributed by atoms with Crippen LogP contribution in [0.15, 0.2) is 54.6 Å². The molecule has 0 aliphatic carbocycles. The van der Waals surface area contributed by atoms with Gasteiger partial charge in [0, 0.05) is 11.4 Å². The summed E-state index contributed by atoms with van der Waals surface area (Å²) in [7, 11) is 0. The third-order valence-corrected chi connectivity index (χ3v) is 4.05. The average molecular weight is 390 g/mol. The van der Waals surface area contributed by atoms with Crippen molar-refractivity contribution < 1.29 is 14.3 Å². The first kappa shape index (κ1) is 20.0. The van der Waals surface area contributed by atoms with Crippen molar-refractivity contribution in [2.45, 2.75) is 20.8 Å². The van der Waals surface area contributed by atoms with E-state index in [2.05, 4.69) is 26.9 Å². The molecule has 3 aromatic rings. The lowest BCUT2D eigenvalue weighted by Crippen LogP contribution is -2.14. The summed E-state index contributed by atoms with van der Waals surface area (Å²) in [6, 6.07) is 15.9. The Hall–Kier alpha value is -3.74. The molecule has 0 spiro atoms. The summed E-state index contributed by atoms with van der Waals surface area (Å²) in [5, 5.41) is 14.0. The number of amides is 1. The fourth-order valence-electron chi connectivity index (χ4n) is 2.81. The van der Waals surface area contributed by atoms with Gasteiger partial charge >= 0.3 is 5.97 Å². The minimum Gasteiger partial charge on any atom is -0.462 e. The van der Waals surface area contributed by atoms with E-state index in [-0.39, 0.29) is 11.6 Å². The summed E-state index contributed by atoms with van der Waals surface area (Å²) in [6.45, 7) is 6.10. The lowest BCUT2D eigenvalue weighted by molar-refractivity contribution is 0.0526. The van der Waals surface area contributed by atoms with Gasteiger partial charge in [-0.2, -0.15) is 0 Å². The van der Waals surface area contributed by atoms with Gasteiger partial charge in [-0.25, -0.2) is 4.79 Å². The van der Waals surface area contributed by atoms with Gasteiger partial charge in [0.1, 0.15) is 0 Å². The summed E-state index contributed by atoms with van der Waals surface area (Å²) in [4.78, 5) is 24.0. The summed E-state index contributed by atoms with van der Waals surface area (Å²) in [6.07, 6.45) is 0. The molecule has 1 aromatic heterocycles. The minimum atomic E-state index is -0.400. The molecule has 0 bridgehead atoms. The molecule has 148 valence electrons. The molecule has 7 nitrogen and oxygen atoms in total. The number of hydrogen-bond acceptors (Lipinski definition) is 6. The summed E-state index contributed by atoms with van der Waals surface area (Å²) >= 11 is 0. The van der Waals surface area contributed by atoms with Crippen LogP contribution in [0.4, 0.5) is 17.2 Å². The highest BCUT2D eigenvalue weighted by atomic mass is 16.5. The first-order valence-corrected chi connectivity index (χ1v) is 9.22. The van der Waals surface area contributed by atoms with Gasteiger partial charge in [-0.15, -0.1) is 10.2 Å². The Kier molecular flexibility index (Phi) is 6.19. The molecule has 0 atom stereocenters. The van der Waals surface area contributed by atoms with E-state index < -0.39 is 5.97 Å². The molecule has 2 aromatic carbocycles. The molecule has 0 saturated carbocycles. The molecule has 1 heterocycles. The van der Waals surface area contributed by atoms with Crippen molar-refractivity contribution in [2.24, 2.45) is 0 Å². The average Bonchev–Trinajstić information content (AvgIpc) is 2.68. The Labute approximate surface area is 169 Å². The van der Waals surface area contributed by atoms with Crippen LogP contribution < -0.4 is 10.6 Å². The number of nitrogens with one attached hydrogen (secondary N) is 2. The van der Waals surface area contributed by atoms with E-state index in [4.69, 9.17) is 4.74 Å². The van der Waals surface area contributed by atoms with Crippen LogP contribution in [-0.2, 0) is 4.74 Å². The number of benzene rings is 2. The van der Waals surface area contributed by atoms with E-state index >= 15 is 0 Å². The van der Waals surface area contributed by atoms with Crippen LogP contribution in [0.1, 0.15) is 38.9 Å². The van der Waals surface area contributed by atoms with Gasteiger partial charge in [0.15, 0.2) is 11.5 Å². The summed E-state index contributed by atoms with van der Waals surface area (Å²) in [5.41, 5.74) is 4.35. The second kappa shape index (κ2) is 8.97. The number of rotatable bonds is 6. The van der Waals surface area contributed by atoms with Gasteiger partial charge in [0.2, 0.25) is 0 Å². The van der Waals surface area contributed by atoms with Gasteiger partial charge in [-0.1, -0.05) is 6.07 Å². The summed E-state index contributed by atoms with van der Waals surface area (Å²) < 4.78 is 4.93. The lowest BCUT2D eigenvalue weighted by Gasteiger charge is -2.08. The number of carbonyl (C=O) groups excluding carboxylic acids is 2. The van der Waals surface area contributed by atoms with Gasteiger partial charge < -0.3 is 15.4 Å². The number of carbonyl (C=O) groups is 2. The van der Waals surface area contributed by atoms with Crippen LogP contribution in [0.5, 0.6) is 0 Å². The monoisotopic (exact) mass is 390 g/mol. The molecule has 1 amide bonds. The predicted molar refractivity (Wildman–Crippen MR) is 112 cm³/mol. The van der Waals surface area contributed by atoms with Crippen LogP contribution in [0.3, 0.4) is 0 Å². The van der Waals surface area contributed by atoms with Gasteiger partial charge in [-0.05, 0) is 80.4 Å². The molecule has 0 saturated heterocycles. The molecule has 29 heavy (non-hydrogen) atoms. The zero-order valence-corrected chi connectivity index (χ0v) is 16.5. The van der Waals surface area contributed by atoms with E-state index in [1.54, 1.807) is 43.3 Å². The first-order chi connectivity index (χ1) is 13.9. The third kappa shape index (κ3) is 5.38. The first-order valence-electron chi connectivity index (χ1n) is 9.22. The standard InChI is InChI=1S/C22H22N4O3/c1-4-29-22(28)16-5-7-17(8-6-16)24-21(27)19-9-10-20(26-25-19)23-18-12-14(2)11-15(3)13-18/h5-13H,4H2,1-3H3,(H,23,26)(H,24,27). The highest BCUT2D eigenvalue weighted by molar-refractivity contribution is 6.03. The maximum atomic E-state index is 12.4. The van der Waals surface area contributed by atoms with Crippen molar-refractivity contribution >= 4 is 29.1 Å². The van der Waals surface area contributed by atoms with Crippen molar-refractivity contribution in [3.63, 3.8) is 0 Å². The van der Waals surface area contributed by atoms with Crippen LogP contribution in [0.2, 0.25) is 0 Å². The fourth-order valence-corrected chi connectivity index (χ4v) is 2.81. The van der Waals surface area contributed by atoms with Crippen molar-refractivity contribution in [3.8, 4) is 0 Å². The Bertz CT molecular complexity index is 995. The predicted octanol–water partition coefficient (Wildman–Crippen LogP) is 4.27. The topological polar surface area (TPSA) is 93.2 Å². The number of nitrogens with zero attached hydrogens (tertiary/aromatic N) is 2. The third-order valence-electron chi connectivity index (χ3n) is 4.05. The number of aromatic nitrogens is 2. The number of anilines is 3. The zero-order valence-electron chi connectivity index (χ0n) is 16.5. The van der Waals surface area contributed by atoms with Gasteiger partial charge in [-0.3, -0.25) is 4.79 Å². The number of esters is 1. The molecule has 0 aliphatic heterocycles. The van der Waals surface area contributed by atoms with E-state index in [0.29, 0.717) is 23.7 Å². The van der Waals surface area contributed by atoms with Crippen LogP contribution in [-0.4, -0.2) is 28.7 Å². The number of ether oxygens (including phenoxy) is 1. The van der Waals surface area contributed by atoms with Crippen LogP contribution in [0, 0.1) is 13.8 Å². The highest BCUT2D eigenvalue weighted by Gasteiger charge is 2.11. The molecule has 2 N–H and O–H groups in total. The van der Waals surface area contributed by atoms with Crippen LogP contribution in [0.25, 0.3) is 0 Å². The second-order valence-electron chi connectivity index (χ2n) is 6.56. The molecular weight excluding hydrogens is 368 g/mol. The largest absolute Gasteiger partial charge is 0.462 e. The fraction of sp³-hybridized carbons (Fsp3) is 0.182. The van der Waals surface area contributed by atoms with Crippen molar-refractivity contribution in [3.05, 3.63) is 77.0 Å². The highest BCUT2D eigenvalue weighted by Crippen LogP contribution is 2.18. The quantitative estimate of drug-likeness (QED) is 0.611. The summed E-state index contributed by atoms with van der Waals surface area (Å²) in [5.74, 6) is -0.243. The maximum Gasteiger partial charge on any atom is 0.338 e. The van der Waals surface area contributed by atoms with E-state index in [9.17, 15) is 9.59 Å². The molecule has 0 fully saturated rings. The normalized spacial score (nSPS) is 10.3. The van der Waals surface area contributed by atoms with Crippen molar-refractivity contribution in [2.75, 3.05) is 17.2 Å². The van der Waals surface area contributed by atoms with Crippen molar-refractivity contribution in [1.82, 2.24) is 10.2 Å². The number of aryl methyl sites for hydroxylation is 2. The van der Waals surface area contributed by atoms with Crippen LogP contribution >= 0.6 is 0 Å². The zero-order chi connectivity index (χ0) is 20.8. The lowest BCUT2D eigenvalue weighted by atomic mass is 10.1. The Morgan fingerprint density at radius 2 is 1.59 bits per heavy atom. The second-order valence-corrected chi connectivity index (χ2v) is 6.56. The van der Waals surface area contributed by atoms with Gasteiger partial charge in [0.25, 0.3) is 5.91 Å².